The molecule has 0 unspecified atom stereocenters. The molecule has 15 rings (SSSR count). The number of aromatic nitrogens is 21. The quantitative estimate of drug-likeness (QED) is 0.0672. The van der Waals surface area contributed by atoms with Crippen LogP contribution in [0.25, 0.3) is 100 Å². The van der Waals surface area contributed by atoms with Crippen molar-refractivity contribution in [3.05, 3.63) is 265 Å². The zero-order chi connectivity index (χ0) is 75.0. The molecule has 9 aromatic heterocycles. The van der Waals surface area contributed by atoms with Crippen LogP contribution in [0.5, 0.6) is 0 Å². The number of rotatable bonds is 21. The third kappa shape index (κ3) is 21.3. The van der Waals surface area contributed by atoms with Gasteiger partial charge in [0.15, 0.2) is 0 Å². The molecular weight excluding hydrogens is 1440 g/mol. The van der Waals surface area contributed by atoms with E-state index in [1.165, 1.54) is 0 Å². The van der Waals surface area contributed by atoms with Crippen molar-refractivity contribution in [2.75, 3.05) is 0 Å². The summed E-state index contributed by atoms with van der Waals surface area (Å²) < 4.78 is 14.0. The molecule has 0 amide bonds. The van der Waals surface area contributed by atoms with E-state index >= 15 is 0 Å². The molecule has 6 aromatic carbocycles. The molecule has 110 heavy (non-hydrogen) atoms. The van der Waals surface area contributed by atoms with E-state index in [2.05, 4.69) is 97.6 Å². The minimum Gasteiger partial charge on any atom is -0.822 e. The smallest absolute Gasteiger partial charge is 0.822 e. The minimum atomic E-state index is -5.39. The van der Waals surface area contributed by atoms with Crippen molar-refractivity contribution >= 4 is 40.5 Å². The molecule has 0 saturated heterocycles. The van der Waals surface area contributed by atoms with Crippen LogP contribution in [0.1, 0.15) is 110 Å². The Hall–Kier alpha value is -9.49. The second-order valence-corrected chi connectivity index (χ2v) is 26.5. The maximum absolute atomic E-state index is 13.4. The number of fused-ring (bicyclic) bond motifs is 3. The van der Waals surface area contributed by atoms with Gasteiger partial charge in [-0.3, -0.25) is 43.0 Å². The predicted molar refractivity (Wildman–Crippen MR) is 402 cm³/mol. The number of unbranched alkanes of at least 4 members (excludes halogenated alkanes) is 3. The summed E-state index contributed by atoms with van der Waals surface area (Å²) in [5.41, 5.74) is 16.9. The van der Waals surface area contributed by atoms with Gasteiger partial charge >= 0.3 is 88.7 Å². The summed E-state index contributed by atoms with van der Waals surface area (Å²) in [5, 5.41) is 45.0. The van der Waals surface area contributed by atoms with Gasteiger partial charge in [-0.1, -0.05) is 148 Å². The van der Waals surface area contributed by atoms with Crippen molar-refractivity contribution in [3.63, 3.8) is 0 Å². The molecule has 0 aliphatic rings. The molecule has 28 nitrogen and oxygen atoms in total. The van der Waals surface area contributed by atoms with E-state index < -0.39 is 7.82 Å². The topological polar surface area (TPSA) is 393 Å². The molecule has 0 atom stereocenters. The molecule has 0 bridgehead atoms. The Labute approximate surface area is 698 Å². The number of benzene rings is 6. The van der Waals surface area contributed by atoms with Gasteiger partial charge in [0.05, 0.1) is 52.3 Å². The fraction of sp³-hybridized carbons (Fsp3) is 0.231. The first-order valence-corrected chi connectivity index (χ1v) is 36.4. The van der Waals surface area contributed by atoms with E-state index in [9.17, 15) is 14.4 Å². The monoisotopic (exact) mass is 1520 g/mol. The Kier molecular flexibility index (Phi) is 30.7. The van der Waals surface area contributed by atoms with Crippen LogP contribution < -0.4 is 120 Å². The standard InChI is InChI=1S/3C26H25N7O.3Na.H3O4P/c3*1-3-4-5-24-28-23-11-6-17(2)14-21(23)26(34)33(24)16-18-7-9-19(10-8-18)20-12-13-27-15-22(20)25-29-31-32-30-25;;;;1-5(2,3)4/h3*6-15H,3-5,16H2,1-2H3,(H,29,30,31,32);;;;(H3,1,2,3,4)/q;;;3*+1;/p-3. The van der Waals surface area contributed by atoms with Crippen molar-refractivity contribution in [1.29, 1.82) is 0 Å². The van der Waals surface area contributed by atoms with Gasteiger partial charge in [-0.25, -0.2) is 15.0 Å². The van der Waals surface area contributed by atoms with Crippen LogP contribution in [-0.4, -0.2) is 105 Å². The summed E-state index contributed by atoms with van der Waals surface area (Å²) in [6.07, 6.45) is 18.9. The van der Waals surface area contributed by atoms with Crippen molar-refractivity contribution in [2.45, 2.75) is 119 Å². The van der Waals surface area contributed by atoms with Crippen molar-refractivity contribution < 1.29 is 108 Å². The number of tetrazole rings is 3. The van der Waals surface area contributed by atoms with E-state index in [1.807, 2.05) is 180 Å². The first-order chi connectivity index (χ1) is 51.9. The predicted octanol–water partition coefficient (Wildman–Crippen LogP) is 1.20. The van der Waals surface area contributed by atoms with Crippen molar-refractivity contribution in [1.82, 2.24) is 105 Å². The first kappa shape index (κ1) is 84.5. The number of H-pyrrole nitrogens is 3. The summed E-state index contributed by atoms with van der Waals surface area (Å²) >= 11 is 0. The molecule has 542 valence electrons. The van der Waals surface area contributed by atoms with Crippen molar-refractivity contribution in [2.24, 2.45) is 0 Å². The molecule has 3 N–H and O–H groups in total. The number of aryl methyl sites for hydroxylation is 6. The number of hydrogen-bond donors (Lipinski definition) is 3. The molecule has 32 heteroatoms. The van der Waals surface area contributed by atoms with E-state index in [-0.39, 0.29) is 105 Å². The van der Waals surface area contributed by atoms with Crippen LogP contribution in [0.3, 0.4) is 0 Å². The second kappa shape index (κ2) is 39.9. The molecule has 0 saturated carbocycles. The molecule has 0 spiro atoms. The molecule has 0 aliphatic carbocycles. The van der Waals surface area contributed by atoms with E-state index in [0.29, 0.717) is 53.3 Å². The summed E-state index contributed by atoms with van der Waals surface area (Å²) in [7, 11) is -5.39. The van der Waals surface area contributed by atoms with Crippen LogP contribution in [0, 0.1) is 20.8 Å². The summed E-state index contributed by atoms with van der Waals surface area (Å²) in [6.45, 7) is 13.8. The van der Waals surface area contributed by atoms with Crippen LogP contribution in [0.2, 0.25) is 0 Å². The van der Waals surface area contributed by atoms with E-state index in [0.717, 1.165) is 175 Å². The number of pyridine rings is 3. The Morgan fingerprint density at radius 3 is 0.873 bits per heavy atom. The second-order valence-electron chi connectivity index (χ2n) is 25.6. The molecular formula is C78H75N21Na3O7P. The molecule has 15 aromatic rings. The van der Waals surface area contributed by atoms with Crippen LogP contribution in [0.4, 0.5) is 0 Å². The molecule has 0 fully saturated rings. The maximum Gasteiger partial charge on any atom is 1.00 e. The van der Waals surface area contributed by atoms with Gasteiger partial charge in [0.1, 0.15) is 17.5 Å². The third-order valence-electron chi connectivity index (χ3n) is 17.9. The third-order valence-corrected chi connectivity index (χ3v) is 17.9. The average molecular weight is 1520 g/mol. The number of nitrogens with one attached hydrogen (secondary N) is 3. The fourth-order valence-electron chi connectivity index (χ4n) is 12.4. The fourth-order valence-corrected chi connectivity index (χ4v) is 12.4. The molecule has 0 aliphatic heterocycles. The van der Waals surface area contributed by atoms with Gasteiger partial charge in [0, 0.05) is 73.1 Å². The maximum atomic E-state index is 13.4. The van der Waals surface area contributed by atoms with Crippen LogP contribution >= 0.6 is 7.82 Å². The normalized spacial score (nSPS) is 11.0. The number of aromatic amines is 3. The Bertz CT molecular complexity index is 5240. The van der Waals surface area contributed by atoms with E-state index in [1.54, 1.807) is 37.2 Å². The number of phosphoric acid groups is 1. The first-order valence-electron chi connectivity index (χ1n) is 35.0. The Balaban J connectivity index is 0.000000181. The molecule has 0 radical (unpaired) electrons. The van der Waals surface area contributed by atoms with Gasteiger partial charge < -0.3 is 19.2 Å². The zero-order valence-electron chi connectivity index (χ0n) is 62.7. The summed E-state index contributed by atoms with van der Waals surface area (Å²) in [4.78, 5) is 93.1. The Morgan fingerprint density at radius 1 is 0.373 bits per heavy atom. The van der Waals surface area contributed by atoms with Gasteiger partial charge in [-0.05, 0) is 160 Å². The van der Waals surface area contributed by atoms with Gasteiger partial charge in [-0.15, -0.1) is 30.6 Å². The van der Waals surface area contributed by atoms with Gasteiger partial charge in [-0.2, -0.15) is 23.5 Å². The van der Waals surface area contributed by atoms with Crippen LogP contribution in [-0.2, 0) is 43.5 Å². The van der Waals surface area contributed by atoms with E-state index in [4.69, 9.17) is 34.2 Å². The van der Waals surface area contributed by atoms with Crippen LogP contribution in [0.15, 0.2) is 197 Å². The number of hydrogen-bond acceptors (Lipinski definition) is 22. The Morgan fingerprint density at radius 2 is 0.636 bits per heavy atom. The van der Waals surface area contributed by atoms with Gasteiger partial charge in [0.2, 0.25) is 17.5 Å². The number of nitrogens with zero attached hydrogens (tertiary/aromatic N) is 18. The molecule has 9 heterocycles. The average Bonchev–Trinajstić information content (AvgIpc) is 0.939. The van der Waals surface area contributed by atoms with Gasteiger partial charge in [0.25, 0.3) is 16.7 Å². The SMILES string of the molecule is CCCCc1nc2ccc(C)cc2c(=O)n1Cc1ccc(-c2ccncc2-c2nn[nH]n2)cc1.CCCCc1nc2ccc(C)cc2c(=O)n1Cc1ccc(-c2ccncc2-c2nn[nH]n2)cc1.CCCCc1nc2ccc(C)cc2c(=O)n1Cc1ccc(-c2ccncc2-c2nn[nH]n2)cc1.O=P([O-])([O-])[O-].[Na+].[Na+].[Na+]. The van der Waals surface area contributed by atoms with Crippen molar-refractivity contribution in [3.8, 4) is 67.5 Å². The summed E-state index contributed by atoms with van der Waals surface area (Å²) in [5.74, 6) is 3.99. The minimum absolute atomic E-state index is 0. The largest absolute Gasteiger partial charge is 1.00 e. The zero-order valence-corrected chi connectivity index (χ0v) is 69.6. The summed E-state index contributed by atoms with van der Waals surface area (Å²) in [6, 6.07) is 48.0.